The molecule has 1 aromatic rings. The molecular weight excluding hydrogens is 256 g/mol. The summed E-state index contributed by atoms with van der Waals surface area (Å²) in [5.41, 5.74) is 6.66. The van der Waals surface area contributed by atoms with Crippen LogP contribution in [0.4, 0.5) is 5.69 Å². The number of hydrogen-bond acceptors (Lipinski definition) is 2. The summed E-state index contributed by atoms with van der Waals surface area (Å²) in [6, 6.07) is 5.10. The van der Waals surface area contributed by atoms with Crippen LogP contribution >= 0.6 is 15.9 Å². The normalized spacial score (nSPS) is 11.9. The fourth-order valence-corrected chi connectivity index (χ4v) is 1.46. The predicted octanol–water partition coefficient (Wildman–Crippen LogP) is 2.34. The van der Waals surface area contributed by atoms with E-state index in [9.17, 15) is 4.79 Å². The SMILES string of the molecule is C=CC(C)NC(=O)c1ccc(Br)cc1N. The Labute approximate surface area is 97.5 Å². The van der Waals surface area contributed by atoms with E-state index in [1.807, 2.05) is 6.92 Å². The summed E-state index contributed by atoms with van der Waals surface area (Å²) in [6.07, 6.45) is 1.66. The van der Waals surface area contributed by atoms with Gasteiger partial charge in [-0.3, -0.25) is 4.79 Å². The van der Waals surface area contributed by atoms with Crippen molar-refractivity contribution in [3.63, 3.8) is 0 Å². The number of carbonyl (C=O) groups excluding carboxylic acids is 1. The molecule has 1 unspecified atom stereocenters. The molecule has 1 amide bonds. The molecule has 0 aromatic heterocycles. The second kappa shape index (κ2) is 4.98. The lowest BCUT2D eigenvalue weighted by Crippen LogP contribution is -2.31. The monoisotopic (exact) mass is 268 g/mol. The second-order valence-electron chi connectivity index (χ2n) is 3.23. The third-order valence-electron chi connectivity index (χ3n) is 1.97. The zero-order valence-corrected chi connectivity index (χ0v) is 10.0. The molecule has 80 valence electrons. The summed E-state index contributed by atoms with van der Waals surface area (Å²) < 4.78 is 0.855. The topological polar surface area (TPSA) is 55.1 Å². The highest BCUT2D eigenvalue weighted by Gasteiger charge is 2.10. The lowest BCUT2D eigenvalue weighted by molar-refractivity contribution is 0.0948. The van der Waals surface area contributed by atoms with E-state index >= 15 is 0 Å². The number of halogens is 1. The number of amides is 1. The first-order chi connectivity index (χ1) is 7.04. The fourth-order valence-electron chi connectivity index (χ4n) is 1.08. The molecule has 0 fully saturated rings. The van der Waals surface area contributed by atoms with Gasteiger partial charge in [-0.15, -0.1) is 6.58 Å². The number of benzene rings is 1. The molecular formula is C11H13BrN2O. The van der Waals surface area contributed by atoms with Gasteiger partial charge in [0, 0.05) is 16.2 Å². The van der Waals surface area contributed by atoms with E-state index in [-0.39, 0.29) is 11.9 Å². The van der Waals surface area contributed by atoms with Gasteiger partial charge in [0.15, 0.2) is 0 Å². The molecule has 0 radical (unpaired) electrons. The zero-order chi connectivity index (χ0) is 11.4. The first-order valence-corrected chi connectivity index (χ1v) is 5.32. The third kappa shape index (κ3) is 3.09. The van der Waals surface area contributed by atoms with Crippen molar-refractivity contribution in [3.05, 3.63) is 40.9 Å². The lowest BCUT2D eigenvalue weighted by atomic mass is 10.1. The van der Waals surface area contributed by atoms with Crippen molar-refractivity contribution in [2.45, 2.75) is 13.0 Å². The van der Waals surface area contributed by atoms with Crippen LogP contribution in [-0.4, -0.2) is 11.9 Å². The molecule has 0 heterocycles. The largest absolute Gasteiger partial charge is 0.398 e. The van der Waals surface area contributed by atoms with E-state index in [1.54, 1.807) is 24.3 Å². The molecule has 3 N–H and O–H groups in total. The highest BCUT2D eigenvalue weighted by Crippen LogP contribution is 2.18. The van der Waals surface area contributed by atoms with E-state index < -0.39 is 0 Å². The quantitative estimate of drug-likeness (QED) is 0.653. The average Bonchev–Trinajstić information content (AvgIpc) is 2.17. The molecule has 1 rings (SSSR count). The Kier molecular flexibility index (Phi) is 3.91. The highest BCUT2D eigenvalue weighted by molar-refractivity contribution is 9.10. The molecule has 0 saturated carbocycles. The standard InChI is InChI=1S/C11H13BrN2O/c1-3-7(2)14-11(15)9-5-4-8(12)6-10(9)13/h3-7H,1,13H2,2H3,(H,14,15). The lowest BCUT2D eigenvalue weighted by Gasteiger charge is -2.10. The molecule has 1 aromatic carbocycles. The van der Waals surface area contributed by atoms with E-state index in [1.165, 1.54) is 0 Å². The number of rotatable bonds is 3. The van der Waals surface area contributed by atoms with Gasteiger partial charge in [-0.1, -0.05) is 22.0 Å². The number of anilines is 1. The van der Waals surface area contributed by atoms with E-state index in [0.717, 1.165) is 4.47 Å². The van der Waals surface area contributed by atoms with Gasteiger partial charge in [0.05, 0.1) is 5.56 Å². The summed E-state index contributed by atoms with van der Waals surface area (Å²) in [5.74, 6) is -0.188. The second-order valence-corrected chi connectivity index (χ2v) is 4.15. The van der Waals surface area contributed by atoms with Crippen molar-refractivity contribution < 1.29 is 4.79 Å². The number of hydrogen-bond donors (Lipinski definition) is 2. The number of carbonyl (C=O) groups is 1. The molecule has 3 nitrogen and oxygen atoms in total. The molecule has 0 saturated heterocycles. The summed E-state index contributed by atoms with van der Waals surface area (Å²) in [5, 5.41) is 2.75. The zero-order valence-electron chi connectivity index (χ0n) is 8.46. The van der Waals surface area contributed by atoms with Crippen LogP contribution in [0.2, 0.25) is 0 Å². The highest BCUT2D eigenvalue weighted by atomic mass is 79.9. The van der Waals surface area contributed by atoms with Crippen LogP contribution in [0.3, 0.4) is 0 Å². The van der Waals surface area contributed by atoms with Crippen molar-refractivity contribution in [1.82, 2.24) is 5.32 Å². The van der Waals surface area contributed by atoms with Crippen LogP contribution in [0.1, 0.15) is 17.3 Å². The average molecular weight is 269 g/mol. The molecule has 0 aliphatic heterocycles. The van der Waals surface area contributed by atoms with Crippen molar-refractivity contribution in [3.8, 4) is 0 Å². The van der Waals surface area contributed by atoms with Gasteiger partial charge in [-0.2, -0.15) is 0 Å². The van der Waals surface area contributed by atoms with Gasteiger partial charge in [0.25, 0.3) is 5.91 Å². The smallest absolute Gasteiger partial charge is 0.253 e. The third-order valence-corrected chi connectivity index (χ3v) is 2.46. The number of nitrogen functional groups attached to an aromatic ring is 1. The number of nitrogens with two attached hydrogens (primary N) is 1. The molecule has 4 heteroatoms. The Morgan fingerprint density at radius 1 is 1.67 bits per heavy atom. The minimum absolute atomic E-state index is 0.0689. The first kappa shape index (κ1) is 11.8. The summed E-state index contributed by atoms with van der Waals surface area (Å²) in [6.45, 7) is 5.44. The number of nitrogens with one attached hydrogen (secondary N) is 1. The van der Waals surface area contributed by atoms with Gasteiger partial charge in [0.2, 0.25) is 0 Å². The van der Waals surface area contributed by atoms with E-state index in [4.69, 9.17) is 5.73 Å². The van der Waals surface area contributed by atoms with Crippen molar-refractivity contribution >= 4 is 27.5 Å². The van der Waals surface area contributed by atoms with Crippen LogP contribution in [0, 0.1) is 0 Å². The van der Waals surface area contributed by atoms with Crippen LogP contribution in [-0.2, 0) is 0 Å². The predicted molar refractivity (Wildman–Crippen MR) is 65.7 cm³/mol. The van der Waals surface area contributed by atoms with Gasteiger partial charge in [-0.25, -0.2) is 0 Å². The van der Waals surface area contributed by atoms with Crippen LogP contribution in [0.5, 0.6) is 0 Å². The Hall–Kier alpha value is -1.29. The van der Waals surface area contributed by atoms with E-state index in [0.29, 0.717) is 11.3 Å². The van der Waals surface area contributed by atoms with Crippen LogP contribution in [0.15, 0.2) is 35.3 Å². The van der Waals surface area contributed by atoms with Crippen molar-refractivity contribution in [1.29, 1.82) is 0 Å². The van der Waals surface area contributed by atoms with Gasteiger partial charge < -0.3 is 11.1 Å². The maximum atomic E-state index is 11.7. The Morgan fingerprint density at radius 3 is 2.87 bits per heavy atom. The molecule has 15 heavy (non-hydrogen) atoms. The minimum atomic E-state index is -0.188. The summed E-state index contributed by atoms with van der Waals surface area (Å²) >= 11 is 3.28. The van der Waals surface area contributed by atoms with Gasteiger partial charge >= 0.3 is 0 Å². The molecule has 1 atom stereocenters. The fraction of sp³-hybridized carbons (Fsp3) is 0.182. The Bertz CT molecular complexity index is 390. The van der Waals surface area contributed by atoms with E-state index in [2.05, 4.69) is 27.8 Å². The maximum Gasteiger partial charge on any atom is 0.253 e. The Morgan fingerprint density at radius 2 is 2.33 bits per heavy atom. The maximum absolute atomic E-state index is 11.7. The van der Waals surface area contributed by atoms with Crippen LogP contribution < -0.4 is 11.1 Å². The first-order valence-electron chi connectivity index (χ1n) is 4.53. The molecule has 0 aliphatic carbocycles. The molecule has 0 bridgehead atoms. The summed E-state index contributed by atoms with van der Waals surface area (Å²) in [7, 11) is 0. The molecule has 0 spiro atoms. The molecule has 0 aliphatic rings. The van der Waals surface area contributed by atoms with Gasteiger partial charge in [-0.05, 0) is 25.1 Å². The van der Waals surface area contributed by atoms with Crippen molar-refractivity contribution in [2.24, 2.45) is 0 Å². The summed E-state index contributed by atoms with van der Waals surface area (Å²) in [4.78, 5) is 11.7. The minimum Gasteiger partial charge on any atom is -0.398 e. The Balaban J connectivity index is 2.87. The van der Waals surface area contributed by atoms with Crippen LogP contribution in [0.25, 0.3) is 0 Å². The van der Waals surface area contributed by atoms with Crippen molar-refractivity contribution in [2.75, 3.05) is 5.73 Å². The van der Waals surface area contributed by atoms with Gasteiger partial charge in [0.1, 0.15) is 0 Å².